The first-order valence-electron chi connectivity index (χ1n) is 8.75. The Kier molecular flexibility index (Phi) is 7.24. The molecule has 24 heavy (non-hydrogen) atoms. The fourth-order valence-corrected chi connectivity index (χ4v) is 3.07. The second-order valence-corrected chi connectivity index (χ2v) is 6.38. The Morgan fingerprint density at radius 2 is 1.79 bits per heavy atom. The summed E-state index contributed by atoms with van der Waals surface area (Å²) < 4.78 is 0. The van der Waals surface area contributed by atoms with Crippen molar-refractivity contribution >= 4 is 17.7 Å². The van der Waals surface area contributed by atoms with Gasteiger partial charge in [0.2, 0.25) is 17.7 Å². The molecule has 2 rings (SSSR count). The molecule has 0 aromatic carbocycles. The lowest BCUT2D eigenvalue weighted by Crippen LogP contribution is -2.53. The standard InChI is InChI=1S/C17H28N4O3/c1-2-7-18-15(22)13-19-9-11-20(12-10-19)17(24)14-21-8-5-3-4-6-16(21)23/h2H,1,3-14H2,(H,18,22). The van der Waals surface area contributed by atoms with Crippen LogP contribution in [0.25, 0.3) is 0 Å². The summed E-state index contributed by atoms with van der Waals surface area (Å²) in [6.45, 7) is 7.85. The molecule has 2 heterocycles. The minimum Gasteiger partial charge on any atom is -0.352 e. The number of carbonyl (C=O) groups excluding carboxylic acids is 3. The number of nitrogens with zero attached hydrogens (tertiary/aromatic N) is 3. The van der Waals surface area contributed by atoms with Crippen LogP contribution in [0.1, 0.15) is 25.7 Å². The van der Waals surface area contributed by atoms with E-state index < -0.39 is 0 Å². The van der Waals surface area contributed by atoms with E-state index in [0.29, 0.717) is 52.2 Å². The van der Waals surface area contributed by atoms with E-state index in [0.717, 1.165) is 19.3 Å². The smallest absolute Gasteiger partial charge is 0.242 e. The van der Waals surface area contributed by atoms with Gasteiger partial charge in [-0.15, -0.1) is 6.58 Å². The molecule has 1 N–H and O–H groups in total. The number of carbonyl (C=O) groups is 3. The van der Waals surface area contributed by atoms with E-state index in [4.69, 9.17) is 0 Å². The summed E-state index contributed by atoms with van der Waals surface area (Å²) in [5.41, 5.74) is 0. The molecule has 2 fully saturated rings. The highest BCUT2D eigenvalue weighted by molar-refractivity contribution is 5.85. The number of likely N-dealkylation sites (tertiary alicyclic amines) is 1. The van der Waals surface area contributed by atoms with Gasteiger partial charge in [0.1, 0.15) is 0 Å². The average molecular weight is 336 g/mol. The van der Waals surface area contributed by atoms with Gasteiger partial charge < -0.3 is 15.1 Å². The molecular weight excluding hydrogens is 308 g/mol. The third-order valence-electron chi connectivity index (χ3n) is 4.53. The molecule has 2 aliphatic rings. The van der Waals surface area contributed by atoms with Crippen molar-refractivity contribution in [2.45, 2.75) is 25.7 Å². The number of rotatable bonds is 6. The van der Waals surface area contributed by atoms with Crippen molar-refractivity contribution in [1.82, 2.24) is 20.0 Å². The number of piperazine rings is 1. The van der Waals surface area contributed by atoms with Crippen molar-refractivity contribution in [2.24, 2.45) is 0 Å². The first-order chi connectivity index (χ1) is 11.6. The summed E-state index contributed by atoms with van der Waals surface area (Å²) in [4.78, 5) is 41.6. The third-order valence-corrected chi connectivity index (χ3v) is 4.53. The molecule has 2 saturated heterocycles. The lowest BCUT2D eigenvalue weighted by molar-refractivity contribution is -0.141. The van der Waals surface area contributed by atoms with E-state index in [1.807, 2.05) is 4.90 Å². The van der Waals surface area contributed by atoms with Gasteiger partial charge >= 0.3 is 0 Å². The molecule has 134 valence electrons. The summed E-state index contributed by atoms with van der Waals surface area (Å²) >= 11 is 0. The molecule has 2 aliphatic heterocycles. The van der Waals surface area contributed by atoms with Gasteiger partial charge in [-0.25, -0.2) is 0 Å². The van der Waals surface area contributed by atoms with Crippen molar-refractivity contribution in [3.05, 3.63) is 12.7 Å². The molecule has 3 amide bonds. The number of amides is 3. The second-order valence-electron chi connectivity index (χ2n) is 6.38. The predicted molar refractivity (Wildman–Crippen MR) is 91.3 cm³/mol. The van der Waals surface area contributed by atoms with E-state index in [9.17, 15) is 14.4 Å². The maximum atomic E-state index is 12.4. The molecule has 0 saturated carbocycles. The number of nitrogens with one attached hydrogen (secondary N) is 1. The topological polar surface area (TPSA) is 73.0 Å². The number of hydrogen-bond donors (Lipinski definition) is 1. The predicted octanol–water partition coefficient (Wildman–Crippen LogP) is -0.165. The first-order valence-corrected chi connectivity index (χ1v) is 8.75. The van der Waals surface area contributed by atoms with Crippen LogP contribution in [0.4, 0.5) is 0 Å². The largest absolute Gasteiger partial charge is 0.352 e. The number of hydrogen-bond acceptors (Lipinski definition) is 4. The van der Waals surface area contributed by atoms with Gasteiger partial charge in [0, 0.05) is 45.7 Å². The summed E-state index contributed by atoms with van der Waals surface area (Å²) in [6, 6.07) is 0. The Balaban J connectivity index is 1.73. The maximum Gasteiger partial charge on any atom is 0.242 e. The fourth-order valence-electron chi connectivity index (χ4n) is 3.07. The van der Waals surface area contributed by atoms with Crippen LogP contribution >= 0.6 is 0 Å². The Morgan fingerprint density at radius 3 is 2.50 bits per heavy atom. The molecule has 7 heteroatoms. The summed E-state index contributed by atoms with van der Waals surface area (Å²) in [5.74, 6) is 0.0872. The zero-order valence-corrected chi connectivity index (χ0v) is 14.3. The highest BCUT2D eigenvalue weighted by atomic mass is 16.2. The van der Waals surface area contributed by atoms with E-state index >= 15 is 0 Å². The third kappa shape index (κ3) is 5.63. The van der Waals surface area contributed by atoms with Crippen LogP contribution < -0.4 is 5.32 Å². The Morgan fingerprint density at radius 1 is 1.04 bits per heavy atom. The molecule has 0 radical (unpaired) electrons. The van der Waals surface area contributed by atoms with E-state index in [1.54, 1.807) is 15.9 Å². The average Bonchev–Trinajstić information content (AvgIpc) is 2.78. The molecule has 0 bridgehead atoms. The molecule has 7 nitrogen and oxygen atoms in total. The highest BCUT2D eigenvalue weighted by Crippen LogP contribution is 2.12. The minimum atomic E-state index is -0.0233. The molecule has 0 atom stereocenters. The van der Waals surface area contributed by atoms with Crippen molar-refractivity contribution in [3.63, 3.8) is 0 Å². The Bertz CT molecular complexity index is 472. The monoisotopic (exact) mass is 336 g/mol. The van der Waals surface area contributed by atoms with Crippen LogP contribution in [-0.2, 0) is 14.4 Å². The van der Waals surface area contributed by atoms with Crippen LogP contribution in [0.2, 0.25) is 0 Å². The molecule has 0 spiro atoms. The van der Waals surface area contributed by atoms with Gasteiger partial charge in [-0.05, 0) is 12.8 Å². The zero-order chi connectivity index (χ0) is 17.4. The highest BCUT2D eigenvalue weighted by Gasteiger charge is 2.25. The van der Waals surface area contributed by atoms with Gasteiger partial charge in [0.05, 0.1) is 13.1 Å². The molecule has 0 aromatic rings. The molecular formula is C17H28N4O3. The van der Waals surface area contributed by atoms with Crippen LogP contribution in [-0.4, -0.2) is 84.8 Å². The summed E-state index contributed by atoms with van der Waals surface area (Å²) in [6.07, 6.45) is 5.17. The van der Waals surface area contributed by atoms with Crippen molar-refractivity contribution in [1.29, 1.82) is 0 Å². The maximum absolute atomic E-state index is 12.4. The zero-order valence-electron chi connectivity index (χ0n) is 14.3. The van der Waals surface area contributed by atoms with Crippen molar-refractivity contribution in [3.8, 4) is 0 Å². The van der Waals surface area contributed by atoms with Crippen molar-refractivity contribution in [2.75, 3.05) is 52.4 Å². The van der Waals surface area contributed by atoms with Crippen LogP contribution in [0.15, 0.2) is 12.7 Å². The van der Waals surface area contributed by atoms with E-state index in [1.165, 1.54) is 0 Å². The Labute approximate surface area is 143 Å². The van der Waals surface area contributed by atoms with Crippen LogP contribution in [0.3, 0.4) is 0 Å². The fraction of sp³-hybridized carbons (Fsp3) is 0.706. The molecule has 0 unspecified atom stereocenters. The van der Waals surface area contributed by atoms with Crippen molar-refractivity contribution < 1.29 is 14.4 Å². The quantitative estimate of drug-likeness (QED) is 0.684. The lowest BCUT2D eigenvalue weighted by Gasteiger charge is -2.35. The minimum absolute atomic E-state index is 0.0148. The van der Waals surface area contributed by atoms with Gasteiger partial charge in [0.15, 0.2) is 0 Å². The Hall–Kier alpha value is -1.89. The molecule has 0 aromatic heterocycles. The summed E-state index contributed by atoms with van der Waals surface area (Å²) in [5, 5.41) is 2.76. The van der Waals surface area contributed by atoms with Gasteiger partial charge in [-0.1, -0.05) is 12.5 Å². The molecule has 0 aliphatic carbocycles. The van der Waals surface area contributed by atoms with Crippen LogP contribution in [0.5, 0.6) is 0 Å². The normalized spacial score (nSPS) is 19.8. The summed E-state index contributed by atoms with van der Waals surface area (Å²) in [7, 11) is 0. The van der Waals surface area contributed by atoms with Crippen LogP contribution in [0, 0.1) is 0 Å². The SMILES string of the molecule is C=CCNC(=O)CN1CCN(C(=O)CN2CCCCCC2=O)CC1. The second kappa shape index (κ2) is 9.42. The van der Waals surface area contributed by atoms with Gasteiger partial charge in [-0.2, -0.15) is 0 Å². The lowest BCUT2D eigenvalue weighted by atomic mass is 10.2. The van der Waals surface area contributed by atoms with Gasteiger partial charge in [-0.3, -0.25) is 19.3 Å². The van der Waals surface area contributed by atoms with Gasteiger partial charge in [0.25, 0.3) is 0 Å². The van der Waals surface area contributed by atoms with E-state index in [-0.39, 0.29) is 24.3 Å². The van der Waals surface area contributed by atoms with E-state index in [2.05, 4.69) is 11.9 Å². The first kappa shape index (κ1) is 18.4.